The van der Waals surface area contributed by atoms with Crippen molar-refractivity contribution in [3.8, 4) is 5.88 Å². The van der Waals surface area contributed by atoms with Crippen molar-refractivity contribution >= 4 is 16.8 Å². The number of hydrogen-bond donors (Lipinski definition) is 1. The van der Waals surface area contributed by atoms with E-state index in [2.05, 4.69) is 4.98 Å². The molecule has 0 atom stereocenters. The van der Waals surface area contributed by atoms with Gasteiger partial charge >= 0.3 is 0 Å². The minimum atomic E-state index is -0.430. The molecule has 114 valence electrons. The number of hydrogen-bond acceptors (Lipinski definition) is 3. The van der Waals surface area contributed by atoms with E-state index in [0.29, 0.717) is 12.5 Å². The zero-order valence-electron chi connectivity index (χ0n) is 12.4. The summed E-state index contributed by atoms with van der Waals surface area (Å²) in [6, 6.07) is 11.9. The molecular weight excluding hydrogens is 276 g/mol. The van der Waals surface area contributed by atoms with Gasteiger partial charge in [-0.15, -0.1) is 0 Å². The highest BCUT2D eigenvalue weighted by Gasteiger charge is 1.98. The minimum absolute atomic E-state index is 0.430. The van der Waals surface area contributed by atoms with Crippen LogP contribution < -0.4 is 10.5 Å². The molecule has 0 aliphatic heterocycles. The second-order valence-corrected chi connectivity index (χ2v) is 4.88. The largest absolute Gasteiger partial charge is 0.478 e. The molecule has 0 fully saturated rings. The Bertz CT molecular complexity index is 678. The molecule has 4 nitrogen and oxygen atoms in total. The molecule has 0 spiro atoms. The molecule has 0 saturated carbocycles. The second-order valence-electron chi connectivity index (χ2n) is 4.88. The summed E-state index contributed by atoms with van der Waals surface area (Å²) in [5.41, 5.74) is 5.93. The van der Waals surface area contributed by atoms with Crippen molar-refractivity contribution in [3.05, 3.63) is 60.7 Å². The van der Waals surface area contributed by atoms with Crippen LogP contribution in [0.5, 0.6) is 5.88 Å². The van der Waals surface area contributed by atoms with Crippen molar-refractivity contribution in [1.82, 2.24) is 4.98 Å². The number of unbranched alkanes of at least 4 members (excludes halogenated alkanes) is 2. The van der Waals surface area contributed by atoms with Crippen molar-refractivity contribution in [1.29, 1.82) is 0 Å². The molecule has 22 heavy (non-hydrogen) atoms. The molecule has 0 aliphatic carbocycles. The van der Waals surface area contributed by atoms with Crippen LogP contribution in [0.15, 0.2) is 60.7 Å². The molecule has 0 saturated heterocycles. The highest BCUT2D eigenvalue weighted by Crippen LogP contribution is 2.16. The number of fused-ring (bicyclic) bond motifs is 1. The molecule has 0 unspecified atom stereocenters. The van der Waals surface area contributed by atoms with Crippen LogP contribution in [0.2, 0.25) is 0 Å². The van der Waals surface area contributed by atoms with E-state index in [1.54, 1.807) is 6.08 Å². The van der Waals surface area contributed by atoms with E-state index in [1.165, 1.54) is 6.08 Å². The summed E-state index contributed by atoms with van der Waals surface area (Å²) in [4.78, 5) is 14.9. The number of rotatable bonds is 8. The van der Waals surface area contributed by atoms with E-state index in [4.69, 9.17) is 10.5 Å². The summed E-state index contributed by atoms with van der Waals surface area (Å²) >= 11 is 0. The first-order chi connectivity index (χ1) is 10.8. The third-order valence-electron chi connectivity index (χ3n) is 3.10. The topological polar surface area (TPSA) is 65.2 Å². The quantitative estimate of drug-likeness (QED) is 0.461. The predicted octanol–water partition coefficient (Wildman–Crippen LogP) is 3.38. The summed E-state index contributed by atoms with van der Waals surface area (Å²) in [5.74, 6) is 0.236. The van der Waals surface area contributed by atoms with Gasteiger partial charge in [0.2, 0.25) is 11.8 Å². The lowest BCUT2D eigenvalue weighted by Gasteiger charge is -2.05. The van der Waals surface area contributed by atoms with Gasteiger partial charge in [0.1, 0.15) is 0 Å². The van der Waals surface area contributed by atoms with Crippen molar-refractivity contribution in [3.63, 3.8) is 0 Å². The maximum absolute atomic E-state index is 10.5. The molecule has 2 rings (SSSR count). The molecule has 0 bridgehead atoms. The first-order valence-corrected chi connectivity index (χ1v) is 7.37. The number of primary amides is 1. The van der Waals surface area contributed by atoms with Crippen LogP contribution in [0.4, 0.5) is 0 Å². The van der Waals surface area contributed by atoms with Gasteiger partial charge in [-0.3, -0.25) is 4.79 Å². The molecule has 4 heteroatoms. The second kappa shape index (κ2) is 8.62. The fourth-order valence-corrected chi connectivity index (χ4v) is 1.99. The number of allylic oxidation sites excluding steroid dienone is 3. The Morgan fingerprint density at radius 1 is 1.14 bits per heavy atom. The van der Waals surface area contributed by atoms with Crippen LogP contribution in [0.1, 0.15) is 19.3 Å². The number of ether oxygens (including phenoxy) is 1. The minimum Gasteiger partial charge on any atom is -0.478 e. The molecule has 1 amide bonds. The molecular formula is C18H20N2O2. The molecule has 1 aromatic heterocycles. The Balaban J connectivity index is 1.66. The number of para-hydroxylation sites is 1. The van der Waals surface area contributed by atoms with E-state index in [-0.39, 0.29) is 0 Å². The molecule has 2 aromatic rings. The molecule has 0 aliphatic rings. The van der Waals surface area contributed by atoms with Gasteiger partial charge in [-0.1, -0.05) is 36.4 Å². The van der Waals surface area contributed by atoms with E-state index in [0.717, 1.165) is 30.2 Å². The lowest BCUT2D eigenvalue weighted by Crippen LogP contribution is -2.04. The number of pyridine rings is 1. The van der Waals surface area contributed by atoms with Crippen molar-refractivity contribution in [2.75, 3.05) is 6.61 Å². The van der Waals surface area contributed by atoms with Crippen LogP contribution in [0, 0.1) is 0 Å². The smallest absolute Gasteiger partial charge is 0.241 e. The van der Waals surface area contributed by atoms with Crippen LogP contribution in [0.25, 0.3) is 10.9 Å². The maximum atomic E-state index is 10.5. The van der Waals surface area contributed by atoms with E-state index < -0.39 is 5.91 Å². The lowest BCUT2D eigenvalue weighted by molar-refractivity contribution is -0.113. The summed E-state index contributed by atoms with van der Waals surface area (Å²) in [5, 5.41) is 1.11. The first-order valence-electron chi connectivity index (χ1n) is 7.37. The predicted molar refractivity (Wildman–Crippen MR) is 88.6 cm³/mol. The summed E-state index contributed by atoms with van der Waals surface area (Å²) in [7, 11) is 0. The standard InChI is InChI=1S/C18H20N2O2/c19-17(21)11-5-3-1-2-4-8-14-22-18-13-12-15-9-6-7-10-16(15)20-18/h1,3,5-7,9-13H,2,4,8,14H2,(H2,19,21). The van der Waals surface area contributed by atoms with E-state index in [9.17, 15) is 4.79 Å². The number of carbonyl (C=O) groups excluding carboxylic acids is 1. The van der Waals surface area contributed by atoms with E-state index >= 15 is 0 Å². The van der Waals surface area contributed by atoms with Crippen LogP contribution in [-0.2, 0) is 4.79 Å². The fourth-order valence-electron chi connectivity index (χ4n) is 1.99. The number of carbonyl (C=O) groups is 1. The van der Waals surface area contributed by atoms with E-state index in [1.807, 2.05) is 48.6 Å². The number of benzene rings is 1. The summed E-state index contributed by atoms with van der Waals surface area (Å²) in [6.07, 6.45) is 9.75. The number of nitrogens with two attached hydrogens (primary N) is 1. The zero-order valence-corrected chi connectivity index (χ0v) is 12.4. The highest BCUT2D eigenvalue weighted by atomic mass is 16.5. The van der Waals surface area contributed by atoms with Crippen molar-refractivity contribution in [2.24, 2.45) is 5.73 Å². The average Bonchev–Trinajstić information content (AvgIpc) is 2.53. The highest BCUT2D eigenvalue weighted by molar-refractivity contribution is 5.85. The summed E-state index contributed by atoms with van der Waals surface area (Å²) in [6.45, 7) is 0.649. The lowest BCUT2D eigenvalue weighted by atomic mass is 10.2. The number of amides is 1. The van der Waals surface area contributed by atoms with Gasteiger partial charge in [-0.05, 0) is 31.4 Å². The van der Waals surface area contributed by atoms with Gasteiger partial charge in [0.25, 0.3) is 0 Å². The Morgan fingerprint density at radius 2 is 2.00 bits per heavy atom. The van der Waals surface area contributed by atoms with Crippen molar-refractivity contribution in [2.45, 2.75) is 19.3 Å². The molecule has 2 N–H and O–H groups in total. The third kappa shape index (κ3) is 5.40. The van der Waals surface area contributed by atoms with Crippen LogP contribution in [0.3, 0.4) is 0 Å². The number of aromatic nitrogens is 1. The van der Waals surface area contributed by atoms with Crippen LogP contribution in [-0.4, -0.2) is 17.5 Å². The van der Waals surface area contributed by atoms with Gasteiger partial charge in [0.15, 0.2) is 0 Å². The Hall–Kier alpha value is -2.62. The summed E-state index contributed by atoms with van der Waals surface area (Å²) < 4.78 is 5.66. The SMILES string of the molecule is NC(=O)C=CC=CCCCCOc1ccc2ccccc2n1. The molecule has 1 heterocycles. The van der Waals surface area contributed by atoms with Gasteiger partial charge < -0.3 is 10.5 Å². The Kier molecular flexibility index (Phi) is 6.18. The van der Waals surface area contributed by atoms with Crippen LogP contribution >= 0.6 is 0 Å². The zero-order chi connectivity index (χ0) is 15.6. The Labute approximate surface area is 130 Å². The maximum Gasteiger partial charge on any atom is 0.241 e. The fraction of sp³-hybridized carbons (Fsp3) is 0.222. The average molecular weight is 296 g/mol. The monoisotopic (exact) mass is 296 g/mol. The van der Waals surface area contributed by atoms with Gasteiger partial charge in [0.05, 0.1) is 12.1 Å². The normalized spacial score (nSPS) is 11.5. The number of nitrogens with zero attached hydrogens (tertiary/aromatic N) is 1. The molecule has 0 radical (unpaired) electrons. The van der Waals surface area contributed by atoms with Gasteiger partial charge in [0, 0.05) is 17.5 Å². The Morgan fingerprint density at radius 3 is 2.86 bits per heavy atom. The molecule has 1 aromatic carbocycles. The third-order valence-corrected chi connectivity index (χ3v) is 3.10. The van der Waals surface area contributed by atoms with Gasteiger partial charge in [-0.2, -0.15) is 0 Å². The van der Waals surface area contributed by atoms with Crippen molar-refractivity contribution < 1.29 is 9.53 Å². The first kappa shape index (κ1) is 15.8. The van der Waals surface area contributed by atoms with Gasteiger partial charge in [-0.25, -0.2) is 4.98 Å².